The molecule has 1 aliphatic heterocycles. The van der Waals surface area contributed by atoms with Crippen LogP contribution in [-0.4, -0.2) is 21.9 Å². The average Bonchev–Trinajstić information content (AvgIpc) is 2.57. The lowest BCUT2D eigenvalue weighted by molar-refractivity contribution is 0.0965. The lowest BCUT2D eigenvalue weighted by atomic mass is 9.91. The Morgan fingerprint density at radius 2 is 1.64 bits per heavy atom. The van der Waals surface area contributed by atoms with Gasteiger partial charge in [-0.05, 0) is 30.4 Å². The standard InChI is InChI=1S/C19H20OS2/c1-14-8-10-16(11-9-14)18(20)17(15-6-3-2-4-7-15)19-21-12-5-13-22-19/h2-4,6-11,17,19H,5,12-13H2,1H3. The summed E-state index contributed by atoms with van der Waals surface area (Å²) in [5, 5.41) is 0. The molecule has 0 aliphatic carbocycles. The summed E-state index contributed by atoms with van der Waals surface area (Å²) in [6.45, 7) is 2.05. The zero-order valence-electron chi connectivity index (χ0n) is 12.7. The van der Waals surface area contributed by atoms with E-state index >= 15 is 0 Å². The van der Waals surface area contributed by atoms with E-state index in [-0.39, 0.29) is 11.7 Å². The molecule has 0 bridgehead atoms. The third-order valence-corrected chi connectivity index (χ3v) is 6.97. The third kappa shape index (κ3) is 3.58. The summed E-state index contributed by atoms with van der Waals surface area (Å²) < 4.78 is 0.324. The van der Waals surface area contributed by atoms with E-state index in [1.54, 1.807) is 0 Å². The fraction of sp³-hybridized carbons (Fsp3) is 0.316. The van der Waals surface area contributed by atoms with Gasteiger partial charge < -0.3 is 0 Å². The van der Waals surface area contributed by atoms with E-state index < -0.39 is 0 Å². The molecule has 1 heterocycles. The molecule has 3 rings (SSSR count). The number of benzene rings is 2. The van der Waals surface area contributed by atoms with Crippen molar-refractivity contribution in [3.8, 4) is 0 Å². The molecule has 2 aromatic rings. The Kier molecular flexibility index (Phi) is 5.27. The third-order valence-electron chi connectivity index (χ3n) is 3.90. The molecule has 0 aromatic heterocycles. The van der Waals surface area contributed by atoms with Crippen molar-refractivity contribution >= 4 is 29.3 Å². The van der Waals surface area contributed by atoms with Crippen LogP contribution in [0.5, 0.6) is 0 Å². The minimum Gasteiger partial charge on any atom is -0.293 e. The van der Waals surface area contributed by atoms with Crippen molar-refractivity contribution in [3.05, 3.63) is 71.3 Å². The molecule has 1 nitrogen and oxygen atoms in total. The van der Waals surface area contributed by atoms with Crippen LogP contribution >= 0.6 is 23.5 Å². The second-order valence-corrected chi connectivity index (χ2v) is 8.38. The van der Waals surface area contributed by atoms with Gasteiger partial charge in [0.1, 0.15) is 0 Å². The van der Waals surface area contributed by atoms with Crippen molar-refractivity contribution in [3.63, 3.8) is 0 Å². The van der Waals surface area contributed by atoms with Gasteiger partial charge in [0.2, 0.25) is 0 Å². The summed E-state index contributed by atoms with van der Waals surface area (Å²) in [5.74, 6) is 2.50. The Hall–Kier alpha value is -1.19. The first-order valence-electron chi connectivity index (χ1n) is 7.65. The average molecular weight is 329 g/mol. The van der Waals surface area contributed by atoms with E-state index in [4.69, 9.17) is 0 Å². The summed E-state index contributed by atoms with van der Waals surface area (Å²) in [5.41, 5.74) is 3.15. The van der Waals surface area contributed by atoms with E-state index in [0.717, 1.165) is 22.6 Å². The van der Waals surface area contributed by atoms with Crippen molar-refractivity contribution in [1.82, 2.24) is 0 Å². The van der Waals surface area contributed by atoms with Gasteiger partial charge in [0.05, 0.1) is 10.5 Å². The molecule has 0 amide bonds. The number of thioether (sulfide) groups is 2. The number of hydrogen-bond acceptors (Lipinski definition) is 3. The van der Waals surface area contributed by atoms with Crippen LogP contribution in [0.2, 0.25) is 0 Å². The normalized spacial score (nSPS) is 17.1. The van der Waals surface area contributed by atoms with E-state index in [9.17, 15) is 4.79 Å². The van der Waals surface area contributed by atoms with Crippen molar-refractivity contribution in [1.29, 1.82) is 0 Å². The summed E-state index contributed by atoms with van der Waals surface area (Å²) in [7, 11) is 0. The van der Waals surface area contributed by atoms with Crippen molar-refractivity contribution < 1.29 is 4.79 Å². The molecule has 0 saturated carbocycles. The Morgan fingerprint density at radius 1 is 1.00 bits per heavy atom. The van der Waals surface area contributed by atoms with Crippen LogP contribution in [0.3, 0.4) is 0 Å². The maximum atomic E-state index is 13.1. The van der Waals surface area contributed by atoms with E-state index in [1.807, 2.05) is 66.0 Å². The van der Waals surface area contributed by atoms with Crippen LogP contribution in [0.1, 0.15) is 33.8 Å². The molecule has 0 radical (unpaired) electrons. The number of carbonyl (C=O) groups excluding carboxylic acids is 1. The molecule has 3 heteroatoms. The number of hydrogen-bond donors (Lipinski definition) is 0. The molecule has 22 heavy (non-hydrogen) atoms. The molecule has 1 aliphatic rings. The number of Topliss-reactive ketones (excluding diaryl/α,β-unsaturated/α-hetero) is 1. The summed E-state index contributed by atoms with van der Waals surface area (Å²) in [6, 6.07) is 18.2. The van der Waals surface area contributed by atoms with Crippen LogP contribution in [0.15, 0.2) is 54.6 Å². The monoisotopic (exact) mass is 328 g/mol. The van der Waals surface area contributed by atoms with Crippen LogP contribution in [0.25, 0.3) is 0 Å². The first-order valence-corrected chi connectivity index (χ1v) is 9.74. The number of carbonyl (C=O) groups is 1. The molecule has 1 unspecified atom stereocenters. The predicted octanol–water partition coefficient (Wildman–Crippen LogP) is 5.16. The second kappa shape index (κ2) is 7.38. The highest BCUT2D eigenvalue weighted by Crippen LogP contribution is 2.42. The molecule has 1 fully saturated rings. The Bertz CT molecular complexity index is 616. The molecule has 1 saturated heterocycles. The van der Waals surface area contributed by atoms with E-state index in [2.05, 4.69) is 19.1 Å². The zero-order valence-corrected chi connectivity index (χ0v) is 14.3. The highest BCUT2D eigenvalue weighted by molar-refractivity contribution is 8.17. The topological polar surface area (TPSA) is 17.1 Å². The molecular formula is C19H20OS2. The van der Waals surface area contributed by atoms with Gasteiger partial charge in [0.15, 0.2) is 5.78 Å². The summed E-state index contributed by atoms with van der Waals surface area (Å²) in [4.78, 5) is 13.1. The molecule has 114 valence electrons. The van der Waals surface area contributed by atoms with Gasteiger partial charge in [-0.1, -0.05) is 60.2 Å². The number of rotatable bonds is 4. The zero-order chi connectivity index (χ0) is 15.4. The van der Waals surface area contributed by atoms with Gasteiger partial charge in [0, 0.05) is 5.56 Å². The maximum absolute atomic E-state index is 13.1. The fourth-order valence-electron chi connectivity index (χ4n) is 2.69. The highest BCUT2D eigenvalue weighted by atomic mass is 32.2. The number of ketones is 1. The minimum absolute atomic E-state index is 0.0563. The van der Waals surface area contributed by atoms with Gasteiger partial charge >= 0.3 is 0 Å². The summed E-state index contributed by atoms with van der Waals surface area (Å²) >= 11 is 3.87. The van der Waals surface area contributed by atoms with Crippen LogP contribution in [0, 0.1) is 6.92 Å². The SMILES string of the molecule is Cc1ccc(C(=O)C(c2ccccc2)C2SCCCS2)cc1. The van der Waals surface area contributed by atoms with Gasteiger partial charge in [-0.2, -0.15) is 0 Å². The molecular weight excluding hydrogens is 308 g/mol. The lowest BCUT2D eigenvalue weighted by Crippen LogP contribution is -2.24. The Balaban J connectivity index is 1.93. The Morgan fingerprint density at radius 3 is 2.27 bits per heavy atom. The van der Waals surface area contributed by atoms with E-state index in [0.29, 0.717) is 4.58 Å². The first kappa shape index (κ1) is 15.7. The molecule has 0 N–H and O–H groups in total. The minimum atomic E-state index is -0.0563. The van der Waals surface area contributed by atoms with Crippen molar-refractivity contribution in [2.24, 2.45) is 0 Å². The van der Waals surface area contributed by atoms with Gasteiger partial charge in [-0.3, -0.25) is 4.79 Å². The molecule has 2 aromatic carbocycles. The second-order valence-electron chi connectivity index (χ2n) is 5.58. The smallest absolute Gasteiger partial charge is 0.172 e. The largest absolute Gasteiger partial charge is 0.293 e. The quantitative estimate of drug-likeness (QED) is 0.722. The predicted molar refractivity (Wildman–Crippen MR) is 98.0 cm³/mol. The van der Waals surface area contributed by atoms with Crippen LogP contribution in [-0.2, 0) is 0 Å². The van der Waals surface area contributed by atoms with Crippen molar-refractivity contribution in [2.45, 2.75) is 23.8 Å². The fourth-order valence-corrected chi connectivity index (χ4v) is 5.87. The highest BCUT2D eigenvalue weighted by Gasteiger charge is 2.32. The van der Waals surface area contributed by atoms with Gasteiger partial charge in [0.25, 0.3) is 0 Å². The van der Waals surface area contributed by atoms with Crippen molar-refractivity contribution in [2.75, 3.05) is 11.5 Å². The summed E-state index contributed by atoms with van der Waals surface area (Å²) in [6.07, 6.45) is 1.24. The van der Waals surface area contributed by atoms with Gasteiger partial charge in [-0.25, -0.2) is 0 Å². The Labute approximate surface area is 140 Å². The van der Waals surface area contributed by atoms with Crippen LogP contribution in [0.4, 0.5) is 0 Å². The molecule has 1 atom stereocenters. The first-order chi connectivity index (χ1) is 10.8. The molecule has 0 spiro atoms. The van der Waals surface area contributed by atoms with Crippen LogP contribution < -0.4 is 0 Å². The maximum Gasteiger partial charge on any atom is 0.172 e. The van der Waals surface area contributed by atoms with E-state index in [1.165, 1.54) is 12.0 Å². The lowest BCUT2D eigenvalue weighted by Gasteiger charge is -2.29. The number of aryl methyl sites for hydroxylation is 1. The van der Waals surface area contributed by atoms with Gasteiger partial charge in [-0.15, -0.1) is 23.5 Å².